The smallest absolute Gasteiger partial charge is 0.188 e. The standard InChI is InChI=1S/C15H10F2O2/c16-11-5-6-14(17)13(9-11)15(19)7-4-10-2-1-3-12(18)8-10/h1-9,18H/b7-4+. The van der Waals surface area contributed by atoms with Crippen molar-refractivity contribution in [3.8, 4) is 5.75 Å². The molecule has 0 aromatic heterocycles. The lowest BCUT2D eigenvalue weighted by Crippen LogP contribution is -1.99. The first-order valence-corrected chi connectivity index (χ1v) is 5.53. The zero-order chi connectivity index (χ0) is 13.8. The Morgan fingerprint density at radius 1 is 1.11 bits per heavy atom. The molecule has 0 aliphatic carbocycles. The van der Waals surface area contributed by atoms with Crippen LogP contribution in [0.1, 0.15) is 15.9 Å². The SMILES string of the molecule is O=C(/C=C/c1cccc(O)c1)c1cc(F)ccc1F. The van der Waals surface area contributed by atoms with Gasteiger partial charge in [0.15, 0.2) is 5.78 Å². The molecule has 0 amide bonds. The van der Waals surface area contributed by atoms with E-state index >= 15 is 0 Å². The van der Waals surface area contributed by atoms with Gasteiger partial charge in [-0.1, -0.05) is 18.2 Å². The largest absolute Gasteiger partial charge is 0.508 e. The number of aromatic hydroxyl groups is 1. The van der Waals surface area contributed by atoms with Gasteiger partial charge in [0.25, 0.3) is 0 Å². The number of hydrogen-bond donors (Lipinski definition) is 1. The Morgan fingerprint density at radius 3 is 2.63 bits per heavy atom. The quantitative estimate of drug-likeness (QED) is 0.676. The molecule has 0 unspecified atom stereocenters. The molecular formula is C15H10F2O2. The summed E-state index contributed by atoms with van der Waals surface area (Å²) in [6.07, 6.45) is 2.55. The first kappa shape index (κ1) is 13.0. The monoisotopic (exact) mass is 260 g/mol. The minimum atomic E-state index is -0.771. The molecule has 0 saturated carbocycles. The summed E-state index contributed by atoms with van der Waals surface area (Å²) in [4.78, 5) is 11.7. The third-order valence-electron chi connectivity index (χ3n) is 2.49. The van der Waals surface area contributed by atoms with Crippen LogP contribution in [0.4, 0.5) is 8.78 Å². The topological polar surface area (TPSA) is 37.3 Å². The lowest BCUT2D eigenvalue weighted by Gasteiger charge is -1.99. The van der Waals surface area contributed by atoms with Crippen LogP contribution in [0.5, 0.6) is 5.75 Å². The fraction of sp³-hybridized carbons (Fsp3) is 0. The third-order valence-corrected chi connectivity index (χ3v) is 2.49. The number of rotatable bonds is 3. The Labute approximate surface area is 108 Å². The van der Waals surface area contributed by atoms with Crippen molar-refractivity contribution in [2.75, 3.05) is 0 Å². The number of carbonyl (C=O) groups is 1. The predicted molar refractivity (Wildman–Crippen MR) is 67.8 cm³/mol. The number of allylic oxidation sites excluding steroid dienone is 1. The van der Waals surface area contributed by atoms with Crippen molar-refractivity contribution in [2.45, 2.75) is 0 Å². The maximum absolute atomic E-state index is 13.3. The highest BCUT2D eigenvalue weighted by Crippen LogP contribution is 2.14. The van der Waals surface area contributed by atoms with Crippen molar-refractivity contribution in [1.82, 2.24) is 0 Å². The molecule has 2 nitrogen and oxygen atoms in total. The first-order chi connectivity index (χ1) is 9.06. The molecule has 1 N–H and O–H groups in total. The summed E-state index contributed by atoms with van der Waals surface area (Å²) in [7, 11) is 0. The number of hydrogen-bond acceptors (Lipinski definition) is 2. The van der Waals surface area contributed by atoms with Crippen molar-refractivity contribution in [3.05, 3.63) is 71.3 Å². The summed E-state index contributed by atoms with van der Waals surface area (Å²) >= 11 is 0. The third kappa shape index (κ3) is 3.25. The van der Waals surface area contributed by atoms with E-state index in [0.717, 1.165) is 24.3 Å². The van der Waals surface area contributed by atoms with E-state index < -0.39 is 17.4 Å². The molecule has 0 fully saturated rings. The fourth-order valence-electron chi connectivity index (χ4n) is 1.58. The van der Waals surface area contributed by atoms with Crippen LogP contribution >= 0.6 is 0 Å². The van der Waals surface area contributed by atoms with Gasteiger partial charge in [0.05, 0.1) is 5.56 Å². The minimum absolute atomic E-state index is 0.0616. The highest BCUT2D eigenvalue weighted by Gasteiger charge is 2.09. The van der Waals surface area contributed by atoms with E-state index in [2.05, 4.69) is 0 Å². The lowest BCUT2D eigenvalue weighted by atomic mass is 10.1. The van der Waals surface area contributed by atoms with Crippen molar-refractivity contribution in [2.24, 2.45) is 0 Å². The van der Waals surface area contributed by atoms with E-state index in [9.17, 15) is 18.7 Å². The summed E-state index contributed by atoms with van der Waals surface area (Å²) in [6, 6.07) is 8.94. The Balaban J connectivity index is 2.23. The molecule has 0 heterocycles. The second kappa shape index (κ2) is 5.44. The molecule has 0 atom stereocenters. The lowest BCUT2D eigenvalue weighted by molar-refractivity contribution is 0.104. The number of carbonyl (C=O) groups excluding carboxylic acids is 1. The normalized spacial score (nSPS) is 10.8. The molecule has 19 heavy (non-hydrogen) atoms. The van der Waals surface area contributed by atoms with Crippen LogP contribution in [0.3, 0.4) is 0 Å². The minimum Gasteiger partial charge on any atom is -0.508 e. The van der Waals surface area contributed by atoms with Crippen molar-refractivity contribution < 1.29 is 18.7 Å². The summed E-state index contributed by atoms with van der Waals surface area (Å²) < 4.78 is 26.3. The van der Waals surface area contributed by atoms with Gasteiger partial charge in [-0.25, -0.2) is 8.78 Å². The molecule has 2 aromatic carbocycles. The second-order valence-corrected chi connectivity index (χ2v) is 3.92. The van der Waals surface area contributed by atoms with Crippen molar-refractivity contribution >= 4 is 11.9 Å². The number of halogens is 2. The van der Waals surface area contributed by atoms with Gasteiger partial charge in [-0.05, 0) is 42.0 Å². The maximum atomic E-state index is 13.3. The zero-order valence-corrected chi connectivity index (χ0v) is 9.81. The molecule has 4 heteroatoms. The van der Waals surface area contributed by atoms with E-state index in [-0.39, 0.29) is 11.3 Å². The second-order valence-electron chi connectivity index (χ2n) is 3.92. The van der Waals surface area contributed by atoms with E-state index in [1.54, 1.807) is 12.1 Å². The summed E-state index contributed by atoms with van der Waals surface area (Å²) in [5, 5.41) is 9.25. The first-order valence-electron chi connectivity index (χ1n) is 5.53. The number of ketones is 1. The van der Waals surface area contributed by atoms with Crippen molar-refractivity contribution in [3.63, 3.8) is 0 Å². The van der Waals surface area contributed by atoms with Crippen LogP contribution in [0.15, 0.2) is 48.5 Å². The summed E-state index contributed by atoms with van der Waals surface area (Å²) in [5.74, 6) is -2.02. The number of benzene rings is 2. The van der Waals surface area contributed by atoms with Crippen LogP contribution in [-0.2, 0) is 0 Å². The fourth-order valence-corrected chi connectivity index (χ4v) is 1.58. The molecule has 0 spiro atoms. The Kier molecular flexibility index (Phi) is 3.71. The summed E-state index contributed by atoms with van der Waals surface area (Å²) in [6.45, 7) is 0. The van der Waals surface area contributed by atoms with Gasteiger partial charge in [-0.2, -0.15) is 0 Å². The molecule has 2 rings (SSSR count). The van der Waals surface area contributed by atoms with Crippen molar-refractivity contribution in [1.29, 1.82) is 0 Å². The Bertz CT molecular complexity index is 648. The van der Waals surface area contributed by atoms with Gasteiger partial charge in [0.2, 0.25) is 0 Å². The molecule has 96 valence electrons. The Hall–Kier alpha value is -2.49. The van der Waals surface area contributed by atoms with Gasteiger partial charge in [0.1, 0.15) is 17.4 Å². The van der Waals surface area contributed by atoms with Gasteiger partial charge in [-0.3, -0.25) is 4.79 Å². The molecule has 2 aromatic rings. The average molecular weight is 260 g/mol. The van der Waals surface area contributed by atoms with E-state index in [4.69, 9.17) is 0 Å². The van der Waals surface area contributed by atoms with Gasteiger partial charge in [-0.15, -0.1) is 0 Å². The molecule has 0 aliphatic heterocycles. The Morgan fingerprint density at radius 2 is 1.89 bits per heavy atom. The molecule has 0 radical (unpaired) electrons. The van der Waals surface area contributed by atoms with Crippen LogP contribution in [0.2, 0.25) is 0 Å². The highest BCUT2D eigenvalue weighted by molar-refractivity contribution is 6.07. The van der Waals surface area contributed by atoms with Gasteiger partial charge < -0.3 is 5.11 Å². The predicted octanol–water partition coefficient (Wildman–Crippen LogP) is 3.57. The molecule has 0 bridgehead atoms. The molecular weight excluding hydrogens is 250 g/mol. The number of phenols is 1. The maximum Gasteiger partial charge on any atom is 0.188 e. The van der Waals surface area contributed by atoms with E-state index in [1.807, 2.05) is 0 Å². The van der Waals surface area contributed by atoms with Crippen LogP contribution in [0, 0.1) is 11.6 Å². The van der Waals surface area contributed by atoms with E-state index in [1.165, 1.54) is 18.2 Å². The van der Waals surface area contributed by atoms with Crippen LogP contribution in [-0.4, -0.2) is 10.9 Å². The van der Waals surface area contributed by atoms with E-state index in [0.29, 0.717) is 5.56 Å². The number of phenolic OH excluding ortho intramolecular Hbond substituents is 1. The molecule has 0 saturated heterocycles. The average Bonchev–Trinajstić information content (AvgIpc) is 2.39. The van der Waals surface area contributed by atoms with Gasteiger partial charge >= 0.3 is 0 Å². The molecule has 0 aliphatic rings. The zero-order valence-electron chi connectivity index (χ0n) is 9.81. The highest BCUT2D eigenvalue weighted by atomic mass is 19.1. The van der Waals surface area contributed by atoms with Crippen LogP contribution in [0.25, 0.3) is 6.08 Å². The van der Waals surface area contributed by atoms with Gasteiger partial charge in [0, 0.05) is 0 Å². The summed E-state index contributed by atoms with van der Waals surface area (Å²) in [5.41, 5.74) is 0.265. The van der Waals surface area contributed by atoms with Crippen LogP contribution < -0.4 is 0 Å².